The van der Waals surface area contributed by atoms with E-state index in [-0.39, 0.29) is 23.4 Å². The highest BCUT2D eigenvalue weighted by Crippen LogP contribution is 2.53. The summed E-state index contributed by atoms with van der Waals surface area (Å²) >= 11 is 11.0. The number of thiazole rings is 2. The quantitative estimate of drug-likeness (QED) is 0.0685. The summed E-state index contributed by atoms with van der Waals surface area (Å²) in [5.74, 6) is -1.50. The Bertz CT molecular complexity index is 3600. The molecule has 1 saturated carbocycles. The summed E-state index contributed by atoms with van der Waals surface area (Å²) in [4.78, 5) is 67.7. The minimum absolute atomic E-state index is 0.108. The SMILES string of the molecule is CC(=O)O.CCN1C(=O)/C(=c2\s/c(=c3/s/c(=C\c4ccc5c(c4)C4CCCC4N5c4ccc5c(c4)c4cc(-c6ccc(SC)cc6)ccc4n5C)c(=O)n3C)c(=O)n2CCCCCCC(=O)O)SC1=S. The van der Waals surface area contributed by atoms with Crippen LogP contribution in [0.25, 0.3) is 43.9 Å². The molecule has 2 unspecified atom stereocenters. The number of aromatic nitrogens is 3. The van der Waals surface area contributed by atoms with Crippen molar-refractivity contribution in [1.82, 2.24) is 18.6 Å². The van der Waals surface area contributed by atoms with Gasteiger partial charge in [0.05, 0.1) is 4.53 Å². The molecule has 7 aromatic rings. The fourth-order valence-corrected chi connectivity index (χ4v) is 14.5. The minimum atomic E-state index is -0.833. The van der Waals surface area contributed by atoms with E-state index in [4.69, 9.17) is 27.2 Å². The van der Waals surface area contributed by atoms with Gasteiger partial charge in [-0.1, -0.05) is 67.5 Å². The molecule has 12 nitrogen and oxygen atoms in total. The average Bonchev–Trinajstić information content (AvgIpc) is 4.18. The summed E-state index contributed by atoms with van der Waals surface area (Å²) in [5, 5.41) is 18.9. The molecule has 362 valence electrons. The van der Waals surface area contributed by atoms with E-state index in [2.05, 4.69) is 102 Å². The van der Waals surface area contributed by atoms with Gasteiger partial charge < -0.3 is 24.2 Å². The maximum Gasteiger partial charge on any atom is 0.303 e. The number of aliphatic carboxylic acids is 2. The van der Waals surface area contributed by atoms with Gasteiger partial charge in [0.15, 0.2) is 0 Å². The van der Waals surface area contributed by atoms with Crippen LogP contribution in [0.3, 0.4) is 0 Å². The lowest BCUT2D eigenvalue weighted by atomic mass is 9.96. The Labute approximate surface area is 425 Å². The average molecular weight is 1030 g/mol. The van der Waals surface area contributed by atoms with Crippen molar-refractivity contribution in [2.45, 2.75) is 88.6 Å². The Morgan fingerprint density at radius 1 is 0.814 bits per heavy atom. The number of amides is 1. The summed E-state index contributed by atoms with van der Waals surface area (Å²) in [6.07, 6.45) is 10.2. The largest absolute Gasteiger partial charge is 0.481 e. The lowest BCUT2D eigenvalue weighted by molar-refractivity contribution is -0.137. The zero-order chi connectivity index (χ0) is 49.5. The molecule has 17 heteroatoms. The Morgan fingerprint density at radius 3 is 2.21 bits per heavy atom. The second-order valence-corrected chi connectivity index (χ2v) is 22.4. The number of hydrogen-bond acceptors (Lipinski definition) is 11. The topological polar surface area (TPSA) is 147 Å². The van der Waals surface area contributed by atoms with Gasteiger partial charge in [0.25, 0.3) is 23.0 Å². The number of anilines is 2. The van der Waals surface area contributed by atoms with Crippen LogP contribution in [0.4, 0.5) is 11.4 Å². The molecule has 3 aromatic heterocycles. The molecule has 0 spiro atoms. The van der Waals surface area contributed by atoms with Gasteiger partial charge in [-0.05, 0) is 122 Å². The van der Waals surface area contributed by atoms with Crippen molar-refractivity contribution < 1.29 is 24.6 Å². The number of benzene rings is 4. The Balaban J connectivity index is 0.00000147. The van der Waals surface area contributed by atoms with Crippen molar-refractivity contribution in [3.8, 4) is 11.1 Å². The zero-order valence-corrected chi connectivity index (χ0v) is 43.6. The number of hydrogen-bond donors (Lipinski definition) is 2. The molecule has 1 amide bonds. The van der Waals surface area contributed by atoms with Crippen molar-refractivity contribution in [3.05, 3.63) is 129 Å². The molecule has 3 aliphatic rings. The summed E-state index contributed by atoms with van der Waals surface area (Å²) in [6, 6.07) is 29.4. The molecule has 1 aliphatic carbocycles. The fourth-order valence-electron chi connectivity index (χ4n) is 10.2. The second-order valence-electron chi connectivity index (χ2n) is 17.8. The van der Waals surface area contributed by atoms with Crippen LogP contribution < -0.4 is 25.2 Å². The van der Waals surface area contributed by atoms with Gasteiger partial charge in [0.1, 0.15) is 23.1 Å². The van der Waals surface area contributed by atoms with E-state index in [0.29, 0.717) is 65.5 Å². The monoisotopic (exact) mass is 1030 g/mol. The minimum Gasteiger partial charge on any atom is -0.481 e. The number of nitrogens with zero attached hydrogens (tertiary/aromatic N) is 5. The van der Waals surface area contributed by atoms with Crippen LogP contribution in [0.15, 0.2) is 93.3 Å². The van der Waals surface area contributed by atoms with E-state index in [0.717, 1.165) is 44.6 Å². The highest BCUT2D eigenvalue weighted by atomic mass is 32.2. The molecule has 1 saturated heterocycles. The summed E-state index contributed by atoms with van der Waals surface area (Å²) in [7, 11) is 3.85. The maximum absolute atomic E-state index is 14.3. The van der Waals surface area contributed by atoms with Crippen LogP contribution >= 0.6 is 58.4 Å². The van der Waals surface area contributed by atoms with Gasteiger partial charge in [-0.25, -0.2) is 0 Å². The van der Waals surface area contributed by atoms with Crippen molar-refractivity contribution >= 4 is 125 Å². The van der Waals surface area contributed by atoms with Gasteiger partial charge in [-0.3, -0.25) is 33.4 Å². The van der Waals surface area contributed by atoms with Crippen molar-refractivity contribution in [2.75, 3.05) is 17.7 Å². The molecular formula is C53H53N5O7S5. The summed E-state index contributed by atoms with van der Waals surface area (Å²) in [6.45, 7) is 3.75. The van der Waals surface area contributed by atoms with E-state index < -0.39 is 11.9 Å². The first-order chi connectivity index (χ1) is 33.7. The predicted molar refractivity (Wildman–Crippen MR) is 290 cm³/mol. The third-order valence-corrected chi connectivity index (χ3v) is 18.3. The van der Waals surface area contributed by atoms with Gasteiger partial charge in [-0.2, -0.15) is 0 Å². The highest BCUT2D eigenvalue weighted by molar-refractivity contribution is 8.30. The van der Waals surface area contributed by atoms with Crippen LogP contribution in [-0.2, 0) is 35.0 Å². The number of unbranched alkanes of at least 4 members (excludes halogenated alkanes) is 3. The Kier molecular flexibility index (Phi) is 14.5. The number of thiocarbonyl (C=S) groups is 1. The number of carboxylic acid groups (broad SMARTS) is 2. The maximum atomic E-state index is 14.3. The molecular weight excluding hydrogens is 979 g/mol. The number of carbonyl (C=O) groups excluding carboxylic acids is 1. The Hall–Kier alpha value is -5.72. The van der Waals surface area contributed by atoms with Gasteiger partial charge in [-0.15, -0.1) is 34.4 Å². The standard InChI is InChI=1S/C51H49N5O5S5.C2H4O2/c1-5-54-47(60)45(66-51(54)62)50-55(24-9-7-6-8-13-43(57)58)48(61)44(65-50)49-53(3)46(59)42(64-49)26-29-14-21-41-35(25-29)34-11-10-12-40(34)56(41)32-18-23-39-37(28-32)36-27-31(17-22-38(36)52(39)2)30-15-19-33(63-4)20-16-30;1-2(3)4/h14-23,25-28,34,40H,5-13,24H2,1-4H3,(H,57,58);1H3,(H,3,4)/b42-26-,49-44+,50-45+;. The van der Waals surface area contributed by atoms with Crippen molar-refractivity contribution in [2.24, 2.45) is 14.1 Å². The van der Waals surface area contributed by atoms with Gasteiger partial charge >= 0.3 is 5.97 Å². The molecule has 0 bridgehead atoms. The van der Waals surface area contributed by atoms with Crippen LogP contribution in [0, 0.1) is 9.20 Å². The normalized spacial score (nSPS) is 18.0. The molecule has 2 aliphatic heterocycles. The predicted octanol–water partition coefficient (Wildman–Crippen LogP) is 9.72. The molecule has 2 atom stereocenters. The second kappa shape index (κ2) is 20.6. The lowest BCUT2D eigenvalue weighted by Crippen LogP contribution is -2.31. The fraction of sp³-hybridized carbons (Fsp3) is 0.321. The molecule has 4 aromatic carbocycles. The van der Waals surface area contributed by atoms with Gasteiger partial charge in [0.2, 0.25) is 0 Å². The molecule has 5 heterocycles. The highest BCUT2D eigenvalue weighted by Gasteiger charge is 2.42. The molecule has 2 fully saturated rings. The van der Waals surface area contributed by atoms with Crippen LogP contribution in [0.5, 0.6) is 0 Å². The lowest BCUT2D eigenvalue weighted by Gasteiger charge is -2.27. The smallest absolute Gasteiger partial charge is 0.303 e. The number of carboxylic acids is 2. The number of thioether (sulfide) groups is 2. The molecule has 0 radical (unpaired) electrons. The third-order valence-electron chi connectivity index (χ3n) is 13.5. The number of carbonyl (C=O) groups is 3. The first-order valence-corrected chi connectivity index (χ1v) is 27.5. The first-order valence-electron chi connectivity index (χ1n) is 23.4. The first kappa shape index (κ1) is 49.3. The third kappa shape index (κ3) is 9.34. The Morgan fingerprint density at radius 2 is 1.51 bits per heavy atom. The van der Waals surface area contributed by atoms with Crippen LogP contribution in [0.2, 0.25) is 0 Å². The van der Waals surface area contributed by atoms with E-state index in [1.54, 1.807) is 32.8 Å². The van der Waals surface area contributed by atoms with Crippen molar-refractivity contribution in [3.63, 3.8) is 0 Å². The summed E-state index contributed by atoms with van der Waals surface area (Å²) < 4.78 is 7.97. The number of rotatable bonds is 12. The molecule has 2 N–H and O–H groups in total. The van der Waals surface area contributed by atoms with E-state index >= 15 is 0 Å². The van der Waals surface area contributed by atoms with Gasteiger partial charge in [0, 0.05) is 90.6 Å². The zero-order valence-electron chi connectivity index (χ0n) is 39.5. The number of aryl methyl sites for hydroxylation is 1. The summed E-state index contributed by atoms with van der Waals surface area (Å²) in [5.41, 5.74) is 9.03. The van der Waals surface area contributed by atoms with E-state index in [1.807, 2.05) is 13.0 Å². The van der Waals surface area contributed by atoms with E-state index in [1.165, 1.54) is 89.2 Å². The molecule has 10 rings (SSSR count). The van der Waals surface area contributed by atoms with Crippen LogP contribution in [0.1, 0.15) is 82.3 Å². The van der Waals surface area contributed by atoms with Crippen molar-refractivity contribution in [1.29, 1.82) is 0 Å². The number of fused-ring (bicyclic) bond motifs is 6. The van der Waals surface area contributed by atoms with E-state index in [9.17, 15) is 19.2 Å². The molecule has 70 heavy (non-hydrogen) atoms. The van der Waals surface area contributed by atoms with Crippen LogP contribution in [-0.4, -0.2) is 69.8 Å².